The first kappa shape index (κ1) is 9.78. The van der Waals surface area contributed by atoms with Gasteiger partial charge in [-0.3, -0.25) is 0 Å². The van der Waals surface area contributed by atoms with Gasteiger partial charge < -0.3 is 4.74 Å². The topological polar surface area (TPSA) is 9.23 Å². The molecule has 2 fully saturated rings. The molecule has 0 aromatic carbocycles. The number of ether oxygens (including phenoxy) is 1. The molecule has 0 atom stereocenters. The number of rotatable bonds is 2. The van der Waals surface area contributed by atoms with Gasteiger partial charge in [-0.15, -0.1) is 0 Å². The van der Waals surface area contributed by atoms with Gasteiger partial charge in [-0.2, -0.15) is 0 Å². The van der Waals surface area contributed by atoms with Crippen molar-refractivity contribution >= 4 is 28.4 Å². The lowest BCUT2D eigenvalue weighted by molar-refractivity contribution is -0.0425. The van der Waals surface area contributed by atoms with Crippen LogP contribution in [-0.4, -0.2) is 17.2 Å². The van der Waals surface area contributed by atoms with E-state index in [1.807, 2.05) is 6.26 Å². The maximum Gasteiger partial charge on any atom is 0.219 e. The fourth-order valence-electron chi connectivity index (χ4n) is 2.61. The van der Waals surface area contributed by atoms with Crippen molar-refractivity contribution in [3.8, 4) is 0 Å². The fourth-order valence-corrected chi connectivity index (χ4v) is 2.87. The summed E-state index contributed by atoms with van der Waals surface area (Å²) in [7, 11) is 0. The van der Waals surface area contributed by atoms with Crippen LogP contribution in [-0.2, 0) is 4.74 Å². The van der Waals surface area contributed by atoms with Gasteiger partial charge in [0.05, 0.1) is 6.61 Å². The first-order valence-electron chi connectivity index (χ1n) is 4.95. The summed E-state index contributed by atoms with van der Waals surface area (Å²) in [6.45, 7) is 0.863. The van der Waals surface area contributed by atoms with Gasteiger partial charge in [-0.1, -0.05) is 18.2 Å². The van der Waals surface area contributed by atoms with Crippen molar-refractivity contribution in [2.75, 3.05) is 12.9 Å². The van der Waals surface area contributed by atoms with E-state index in [-0.39, 0.29) is 0 Å². The summed E-state index contributed by atoms with van der Waals surface area (Å²) in [5.41, 5.74) is 0.773. The molecule has 0 saturated heterocycles. The molecule has 0 bridgehead atoms. The molecule has 0 amide bonds. The predicted octanol–water partition coefficient (Wildman–Crippen LogP) is 3.23. The molecule has 0 unspecified atom stereocenters. The maximum absolute atomic E-state index is 5.45. The van der Waals surface area contributed by atoms with Crippen molar-refractivity contribution in [2.24, 2.45) is 11.3 Å². The Balaban J connectivity index is 1.61. The first-order chi connectivity index (χ1) is 6.24. The Morgan fingerprint density at radius 1 is 1.54 bits per heavy atom. The molecule has 1 spiro atoms. The van der Waals surface area contributed by atoms with Crippen molar-refractivity contribution in [3.05, 3.63) is 0 Å². The number of hydrogen-bond acceptors (Lipinski definition) is 3. The molecule has 0 aromatic rings. The molecule has 0 aliphatic heterocycles. The lowest BCUT2D eigenvalue weighted by Gasteiger charge is -2.54. The van der Waals surface area contributed by atoms with Gasteiger partial charge in [0.2, 0.25) is 4.38 Å². The quantitative estimate of drug-likeness (QED) is 0.656. The van der Waals surface area contributed by atoms with Gasteiger partial charge in [-0.05, 0) is 55.5 Å². The van der Waals surface area contributed by atoms with Gasteiger partial charge in [0.25, 0.3) is 0 Å². The highest BCUT2D eigenvalue weighted by Gasteiger charge is 2.48. The van der Waals surface area contributed by atoms with Crippen molar-refractivity contribution < 1.29 is 4.74 Å². The first-order valence-corrected chi connectivity index (χ1v) is 6.58. The molecule has 0 radical (unpaired) electrons. The lowest BCUT2D eigenvalue weighted by atomic mass is 9.52. The van der Waals surface area contributed by atoms with E-state index in [4.69, 9.17) is 17.0 Å². The van der Waals surface area contributed by atoms with Crippen molar-refractivity contribution in [1.29, 1.82) is 0 Å². The Labute approximate surface area is 89.6 Å². The van der Waals surface area contributed by atoms with Gasteiger partial charge in [-0.25, -0.2) is 0 Å². The Morgan fingerprint density at radius 2 is 2.23 bits per heavy atom. The zero-order valence-electron chi connectivity index (χ0n) is 8.04. The fraction of sp³-hybridized carbons (Fsp3) is 0.900. The maximum atomic E-state index is 5.45. The molecular weight excluding hydrogens is 200 g/mol. The van der Waals surface area contributed by atoms with Gasteiger partial charge in [0, 0.05) is 0 Å². The third kappa shape index (κ3) is 2.01. The SMILES string of the molecule is CSC(=S)OCC1CC2(CCC2)C1. The van der Waals surface area contributed by atoms with E-state index in [1.165, 1.54) is 43.9 Å². The van der Waals surface area contributed by atoms with Crippen LogP contribution in [0, 0.1) is 11.3 Å². The molecule has 0 heterocycles. The minimum atomic E-state index is 0.703. The molecule has 2 aliphatic carbocycles. The Morgan fingerprint density at radius 3 is 2.69 bits per heavy atom. The summed E-state index contributed by atoms with van der Waals surface area (Å²) in [5, 5.41) is 0. The van der Waals surface area contributed by atoms with Crippen molar-refractivity contribution in [3.63, 3.8) is 0 Å². The molecule has 0 N–H and O–H groups in total. The second kappa shape index (κ2) is 3.77. The minimum Gasteiger partial charge on any atom is -0.478 e. The molecule has 13 heavy (non-hydrogen) atoms. The van der Waals surface area contributed by atoms with Crippen LogP contribution in [0.5, 0.6) is 0 Å². The van der Waals surface area contributed by atoms with E-state index in [9.17, 15) is 0 Å². The van der Waals surface area contributed by atoms with Gasteiger partial charge >= 0.3 is 0 Å². The highest BCUT2D eigenvalue weighted by Crippen LogP contribution is 2.58. The van der Waals surface area contributed by atoms with Crippen LogP contribution in [0.15, 0.2) is 0 Å². The third-order valence-corrected chi connectivity index (χ3v) is 4.53. The van der Waals surface area contributed by atoms with Crippen LogP contribution >= 0.6 is 24.0 Å². The minimum absolute atomic E-state index is 0.703. The average molecular weight is 216 g/mol. The molecule has 74 valence electrons. The third-order valence-electron chi connectivity index (χ3n) is 3.46. The average Bonchev–Trinajstić information content (AvgIpc) is 1.98. The lowest BCUT2D eigenvalue weighted by Crippen LogP contribution is -2.44. The van der Waals surface area contributed by atoms with E-state index in [2.05, 4.69) is 0 Å². The molecule has 3 heteroatoms. The second-order valence-corrected chi connectivity index (χ2v) is 5.80. The standard InChI is InChI=1S/C10H16OS2/c1-13-9(12)11-7-8-5-10(6-8)3-2-4-10/h8H,2-7H2,1H3. The summed E-state index contributed by atoms with van der Waals surface area (Å²) >= 11 is 6.52. The van der Waals surface area contributed by atoms with E-state index in [1.54, 1.807) is 0 Å². The summed E-state index contributed by atoms with van der Waals surface area (Å²) in [6.07, 6.45) is 9.15. The van der Waals surface area contributed by atoms with E-state index in [0.717, 1.165) is 17.9 Å². The summed E-state index contributed by atoms with van der Waals surface area (Å²) in [5.74, 6) is 0.797. The second-order valence-electron chi connectivity index (χ2n) is 4.39. The predicted molar refractivity (Wildman–Crippen MR) is 61.1 cm³/mol. The molecule has 1 nitrogen and oxygen atoms in total. The summed E-state index contributed by atoms with van der Waals surface area (Å²) in [4.78, 5) is 0. The van der Waals surface area contributed by atoms with Crippen LogP contribution in [0.3, 0.4) is 0 Å². The van der Waals surface area contributed by atoms with Crippen molar-refractivity contribution in [2.45, 2.75) is 32.1 Å². The highest BCUT2D eigenvalue weighted by molar-refractivity contribution is 8.22. The van der Waals surface area contributed by atoms with E-state index >= 15 is 0 Å². The van der Waals surface area contributed by atoms with Gasteiger partial charge in [0.1, 0.15) is 0 Å². The number of hydrogen-bond donors (Lipinski definition) is 0. The highest BCUT2D eigenvalue weighted by atomic mass is 32.2. The smallest absolute Gasteiger partial charge is 0.219 e. The zero-order chi connectivity index (χ0) is 9.31. The van der Waals surface area contributed by atoms with Crippen LogP contribution in [0.1, 0.15) is 32.1 Å². The van der Waals surface area contributed by atoms with Crippen LogP contribution < -0.4 is 0 Å². The van der Waals surface area contributed by atoms with Gasteiger partial charge in [0.15, 0.2) is 0 Å². The monoisotopic (exact) mass is 216 g/mol. The Hall–Kier alpha value is 0.240. The zero-order valence-corrected chi connectivity index (χ0v) is 9.68. The molecule has 2 saturated carbocycles. The summed E-state index contributed by atoms with van der Waals surface area (Å²) in [6, 6.07) is 0. The van der Waals surface area contributed by atoms with Crippen molar-refractivity contribution in [1.82, 2.24) is 0 Å². The number of thioether (sulfide) groups is 1. The Kier molecular flexibility index (Phi) is 2.84. The van der Waals surface area contributed by atoms with Crippen LogP contribution in [0.25, 0.3) is 0 Å². The Bertz CT molecular complexity index is 203. The number of thiocarbonyl (C=S) groups is 1. The summed E-state index contributed by atoms with van der Waals surface area (Å²) < 4.78 is 6.15. The molecule has 0 aromatic heterocycles. The van der Waals surface area contributed by atoms with Crippen LogP contribution in [0.2, 0.25) is 0 Å². The van der Waals surface area contributed by atoms with Crippen LogP contribution in [0.4, 0.5) is 0 Å². The molecular formula is C10H16OS2. The van der Waals surface area contributed by atoms with E-state index in [0.29, 0.717) is 4.38 Å². The largest absolute Gasteiger partial charge is 0.478 e. The molecule has 2 rings (SSSR count). The molecule has 2 aliphatic rings. The van der Waals surface area contributed by atoms with E-state index < -0.39 is 0 Å². The normalized spacial score (nSPS) is 25.0.